The van der Waals surface area contributed by atoms with Gasteiger partial charge in [0.25, 0.3) is 21.9 Å². The Bertz CT molecular complexity index is 1570. The summed E-state index contributed by atoms with van der Waals surface area (Å²) >= 11 is 0. The van der Waals surface area contributed by atoms with Crippen molar-refractivity contribution < 1.29 is 22.3 Å². The summed E-state index contributed by atoms with van der Waals surface area (Å²) in [7, 11) is -4.08. The number of amides is 2. The van der Waals surface area contributed by atoms with Crippen LogP contribution in [0.1, 0.15) is 104 Å². The van der Waals surface area contributed by atoms with Gasteiger partial charge in [0.2, 0.25) is 0 Å². The number of imide groups is 1. The standard InChI is InChI=1S/C21H20N4O5S.C8H12.CH4/c1-31(28,29)30-25-20(26)15-8-6-7-13-11-14(12-16(19(13)15)21(25)27)24-18-10-5-3-2-4-9-17(18)22-23-24;1-2-4-6-8-7-5-3-1;/h6-8,11-12H,2-5,9-10H2,1H3;1-6H2;1H4. The minimum atomic E-state index is -4.08. The van der Waals surface area contributed by atoms with E-state index in [-0.39, 0.29) is 18.6 Å². The lowest BCUT2D eigenvalue weighted by Crippen LogP contribution is -2.41. The molecule has 3 aromatic rings. The van der Waals surface area contributed by atoms with Crippen LogP contribution in [0.5, 0.6) is 0 Å². The van der Waals surface area contributed by atoms with Gasteiger partial charge in [0.1, 0.15) is 0 Å². The molecule has 6 rings (SSSR count). The zero-order valence-electron chi connectivity index (χ0n) is 22.1. The van der Waals surface area contributed by atoms with Crippen LogP contribution in [0.25, 0.3) is 16.5 Å². The molecule has 2 aromatic carbocycles. The second kappa shape index (κ2) is 12.7. The molecule has 2 amide bonds. The Morgan fingerprint density at radius 3 is 2.20 bits per heavy atom. The van der Waals surface area contributed by atoms with Crippen LogP contribution in [0.15, 0.2) is 30.3 Å². The maximum atomic E-state index is 13.1. The molecule has 40 heavy (non-hydrogen) atoms. The van der Waals surface area contributed by atoms with Crippen LogP contribution in [0.2, 0.25) is 0 Å². The van der Waals surface area contributed by atoms with Crippen LogP contribution in [0.4, 0.5) is 0 Å². The molecule has 10 heteroatoms. The third kappa shape index (κ3) is 6.43. The minimum Gasteiger partial charge on any atom is -0.266 e. The average molecular weight is 565 g/mol. The van der Waals surface area contributed by atoms with E-state index in [1.54, 1.807) is 28.9 Å². The number of rotatable bonds is 3. The molecule has 1 aromatic heterocycles. The third-order valence-corrected chi connectivity index (χ3v) is 7.57. The van der Waals surface area contributed by atoms with Gasteiger partial charge in [-0.3, -0.25) is 9.59 Å². The summed E-state index contributed by atoms with van der Waals surface area (Å²) < 4.78 is 29.7. The normalized spacial score (nSPS) is 17.1. The minimum absolute atomic E-state index is 0. The van der Waals surface area contributed by atoms with Crippen molar-refractivity contribution in [2.75, 3.05) is 6.26 Å². The maximum absolute atomic E-state index is 13.1. The molecule has 0 unspecified atom stereocenters. The van der Waals surface area contributed by atoms with Crippen molar-refractivity contribution in [2.24, 2.45) is 0 Å². The summed E-state index contributed by atoms with van der Waals surface area (Å²) in [5.41, 5.74) is 3.00. The van der Waals surface area contributed by atoms with Crippen molar-refractivity contribution in [3.8, 4) is 17.5 Å². The third-order valence-electron chi connectivity index (χ3n) is 7.15. The summed E-state index contributed by atoms with van der Waals surface area (Å²) in [4.78, 5) is 25.8. The van der Waals surface area contributed by atoms with Crippen LogP contribution in [0, 0.1) is 11.8 Å². The highest BCUT2D eigenvalue weighted by Crippen LogP contribution is 2.33. The van der Waals surface area contributed by atoms with E-state index in [1.165, 1.54) is 32.1 Å². The van der Waals surface area contributed by atoms with Crippen LogP contribution in [-0.4, -0.2) is 46.5 Å². The number of aryl methyl sites for hydroxylation is 1. The van der Waals surface area contributed by atoms with E-state index in [1.807, 2.05) is 6.07 Å². The second-order valence-corrected chi connectivity index (χ2v) is 11.7. The largest absolute Gasteiger partial charge is 0.286 e. The topological polar surface area (TPSA) is 111 Å². The molecule has 9 nitrogen and oxygen atoms in total. The predicted molar refractivity (Wildman–Crippen MR) is 153 cm³/mol. The number of hydroxylamine groups is 2. The molecule has 2 heterocycles. The molecule has 0 fully saturated rings. The molecule has 0 saturated heterocycles. The van der Waals surface area contributed by atoms with E-state index >= 15 is 0 Å². The zero-order valence-corrected chi connectivity index (χ0v) is 22.9. The van der Waals surface area contributed by atoms with E-state index in [4.69, 9.17) is 4.28 Å². The quantitative estimate of drug-likeness (QED) is 0.303. The van der Waals surface area contributed by atoms with Gasteiger partial charge in [-0.2, -0.15) is 8.42 Å². The number of benzene rings is 2. The van der Waals surface area contributed by atoms with Gasteiger partial charge < -0.3 is 0 Å². The lowest BCUT2D eigenvalue weighted by Gasteiger charge is -2.25. The molecule has 3 aliphatic rings. The van der Waals surface area contributed by atoms with Gasteiger partial charge in [0, 0.05) is 18.2 Å². The van der Waals surface area contributed by atoms with E-state index in [2.05, 4.69) is 22.2 Å². The fourth-order valence-electron chi connectivity index (χ4n) is 5.28. The average Bonchev–Trinajstić information content (AvgIpc) is 3.25. The van der Waals surface area contributed by atoms with Crippen molar-refractivity contribution in [1.29, 1.82) is 0 Å². The summed E-state index contributed by atoms with van der Waals surface area (Å²) in [6, 6.07) is 8.52. The van der Waals surface area contributed by atoms with Gasteiger partial charge in [-0.25, -0.2) is 4.68 Å². The number of fused-ring (bicyclic) bond motifs is 1. The number of carbonyl (C=O) groups excluding carboxylic acids is 2. The van der Waals surface area contributed by atoms with E-state index in [0.29, 0.717) is 21.5 Å². The molecular formula is C30H36N4O5S. The molecule has 0 spiro atoms. The number of hydrogen-bond acceptors (Lipinski definition) is 7. The first-order valence-corrected chi connectivity index (χ1v) is 15.4. The summed E-state index contributed by atoms with van der Waals surface area (Å²) in [5.74, 6) is 4.63. The van der Waals surface area contributed by atoms with E-state index in [0.717, 1.165) is 62.6 Å². The summed E-state index contributed by atoms with van der Waals surface area (Å²) in [5, 5.41) is 10.2. The number of aromatic nitrogens is 3. The first-order chi connectivity index (χ1) is 18.8. The van der Waals surface area contributed by atoms with Crippen molar-refractivity contribution in [3.63, 3.8) is 0 Å². The smallest absolute Gasteiger partial charge is 0.266 e. The van der Waals surface area contributed by atoms with Gasteiger partial charge in [-0.05, 0) is 62.1 Å². The highest BCUT2D eigenvalue weighted by molar-refractivity contribution is 7.85. The molecule has 0 saturated carbocycles. The first-order valence-electron chi connectivity index (χ1n) is 13.6. The van der Waals surface area contributed by atoms with Crippen LogP contribution >= 0.6 is 0 Å². The monoisotopic (exact) mass is 564 g/mol. The molecule has 0 atom stereocenters. The Labute approximate surface area is 236 Å². The highest BCUT2D eigenvalue weighted by atomic mass is 32.2. The van der Waals surface area contributed by atoms with Crippen LogP contribution in [0.3, 0.4) is 0 Å². The van der Waals surface area contributed by atoms with Crippen LogP contribution in [-0.2, 0) is 27.2 Å². The Kier molecular flexibility index (Phi) is 9.38. The maximum Gasteiger partial charge on any atom is 0.286 e. The molecule has 1 aliphatic heterocycles. The van der Waals surface area contributed by atoms with Gasteiger partial charge in [0.05, 0.1) is 34.5 Å². The summed E-state index contributed by atoms with van der Waals surface area (Å²) in [6.07, 6.45) is 14.6. The molecule has 0 bridgehead atoms. The Morgan fingerprint density at radius 1 is 0.850 bits per heavy atom. The van der Waals surface area contributed by atoms with Crippen LogP contribution < -0.4 is 0 Å². The lowest BCUT2D eigenvalue weighted by molar-refractivity contribution is -0.0149. The summed E-state index contributed by atoms with van der Waals surface area (Å²) in [6.45, 7) is 0. The number of hydrogen-bond donors (Lipinski definition) is 0. The van der Waals surface area contributed by atoms with Gasteiger partial charge >= 0.3 is 0 Å². The first kappa shape index (κ1) is 29.4. The molecule has 0 radical (unpaired) electrons. The Hall–Kier alpha value is -3.55. The predicted octanol–water partition coefficient (Wildman–Crippen LogP) is 5.55. The van der Waals surface area contributed by atoms with Gasteiger partial charge in [0.15, 0.2) is 0 Å². The molecule has 0 N–H and O–H groups in total. The second-order valence-electron chi connectivity index (χ2n) is 10.2. The van der Waals surface area contributed by atoms with E-state index < -0.39 is 21.9 Å². The Morgan fingerprint density at radius 2 is 1.50 bits per heavy atom. The fraction of sp³-hybridized carbons (Fsp3) is 0.467. The lowest BCUT2D eigenvalue weighted by atomic mass is 9.94. The van der Waals surface area contributed by atoms with Gasteiger partial charge in [-0.1, -0.05) is 50.5 Å². The Balaban J connectivity index is 0.000000356. The van der Waals surface area contributed by atoms with Crippen molar-refractivity contribution in [2.45, 2.75) is 84.5 Å². The fourth-order valence-corrected chi connectivity index (χ4v) is 5.68. The van der Waals surface area contributed by atoms with Crippen molar-refractivity contribution >= 4 is 32.7 Å². The number of carbonyl (C=O) groups is 2. The number of nitrogens with zero attached hydrogens (tertiary/aromatic N) is 4. The van der Waals surface area contributed by atoms with Crippen molar-refractivity contribution in [3.05, 3.63) is 52.8 Å². The highest BCUT2D eigenvalue weighted by Gasteiger charge is 2.37. The van der Waals surface area contributed by atoms with Gasteiger partial charge in [-0.15, -0.1) is 26.3 Å². The van der Waals surface area contributed by atoms with Crippen molar-refractivity contribution in [1.82, 2.24) is 20.1 Å². The molecular weight excluding hydrogens is 528 g/mol. The molecule has 212 valence electrons. The van der Waals surface area contributed by atoms with E-state index in [9.17, 15) is 18.0 Å². The zero-order chi connectivity index (χ0) is 27.4. The molecule has 2 aliphatic carbocycles. The SMILES string of the molecule is C.C1#CCCCCCC1.CS(=O)(=O)ON1C(=O)c2cccc3cc(-n4nnc5c4CCCCCC5)cc(c23)C1=O.